The standard InChI is InChI=1S/C19H20ClFN2O4/c1-23(2)18(24)11-27-16-7-4-12(8-17(16)26-3)10-22-19(25)14-9-13(20)5-6-15(14)21/h4-9H,10-11H2,1-3H3,(H,22,25). The predicted octanol–water partition coefficient (Wildman–Crippen LogP) is 2.88. The van der Waals surface area contributed by atoms with Gasteiger partial charge in [0.25, 0.3) is 11.8 Å². The monoisotopic (exact) mass is 394 g/mol. The zero-order chi connectivity index (χ0) is 20.0. The van der Waals surface area contributed by atoms with Gasteiger partial charge in [0.1, 0.15) is 5.82 Å². The van der Waals surface area contributed by atoms with E-state index < -0.39 is 11.7 Å². The Labute approximate surface area is 161 Å². The zero-order valence-electron chi connectivity index (χ0n) is 15.2. The van der Waals surface area contributed by atoms with Crippen molar-refractivity contribution in [1.29, 1.82) is 0 Å². The topological polar surface area (TPSA) is 67.9 Å². The first-order chi connectivity index (χ1) is 12.8. The van der Waals surface area contributed by atoms with Crippen LogP contribution in [0, 0.1) is 5.82 Å². The summed E-state index contributed by atoms with van der Waals surface area (Å²) in [7, 11) is 4.74. The number of carbonyl (C=O) groups is 2. The van der Waals surface area contributed by atoms with E-state index in [4.69, 9.17) is 21.1 Å². The van der Waals surface area contributed by atoms with Gasteiger partial charge in [0, 0.05) is 25.7 Å². The van der Waals surface area contributed by atoms with Gasteiger partial charge in [-0.15, -0.1) is 0 Å². The molecule has 0 spiro atoms. The van der Waals surface area contributed by atoms with Crippen molar-refractivity contribution in [3.63, 3.8) is 0 Å². The van der Waals surface area contributed by atoms with Crippen LogP contribution in [0.2, 0.25) is 5.02 Å². The van der Waals surface area contributed by atoms with Gasteiger partial charge in [0.15, 0.2) is 18.1 Å². The molecule has 0 aliphatic heterocycles. The highest BCUT2D eigenvalue weighted by Gasteiger charge is 2.13. The Kier molecular flexibility index (Phi) is 7.01. The van der Waals surface area contributed by atoms with Crippen LogP contribution < -0.4 is 14.8 Å². The van der Waals surface area contributed by atoms with Gasteiger partial charge in [-0.25, -0.2) is 4.39 Å². The van der Waals surface area contributed by atoms with Crippen LogP contribution in [0.25, 0.3) is 0 Å². The molecule has 2 rings (SSSR count). The molecule has 2 amide bonds. The van der Waals surface area contributed by atoms with E-state index in [0.717, 1.165) is 6.07 Å². The number of nitrogens with zero attached hydrogens (tertiary/aromatic N) is 1. The van der Waals surface area contributed by atoms with Crippen molar-refractivity contribution in [3.05, 3.63) is 58.4 Å². The highest BCUT2D eigenvalue weighted by molar-refractivity contribution is 6.31. The predicted molar refractivity (Wildman–Crippen MR) is 99.8 cm³/mol. The van der Waals surface area contributed by atoms with Crippen molar-refractivity contribution in [3.8, 4) is 11.5 Å². The summed E-state index contributed by atoms with van der Waals surface area (Å²) in [5.74, 6) is -0.586. The second kappa shape index (κ2) is 9.23. The summed E-state index contributed by atoms with van der Waals surface area (Å²) in [5, 5.41) is 2.90. The maximum absolute atomic E-state index is 13.7. The van der Waals surface area contributed by atoms with Gasteiger partial charge in [-0.1, -0.05) is 17.7 Å². The molecule has 0 saturated carbocycles. The molecular formula is C19H20ClFN2O4. The second-order valence-electron chi connectivity index (χ2n) is 5.87. The van der Waals surface area contributed by atoms with Crippen LogP contribution in [0.4, 0.5) is 4.39 Å². The molecule has 27 heavy (non-hydrogen) atoms. The SMILES string of the molecule is COc1cc(CNC(=O)c2cc(Cl)ccc2F)ccc1OCC(=O)N(C)C. The summed E-state index contributed by atoms with van der Waals surface area (Å²) in [6.45, 7) is 0.0333. The van der Waals surface area contributed by atoms with Gasteiger partial charge in [-0.05, 0) is 35.9 Å². The van der Waals surface area contributed by atoms with Crippen LogP contribution >= 0.6 is 11.6 Å². The van der Waals surface area contributed by atoms with Gasteiger partial charge in [0.05, 0.1) is 12.7 Å². The first kappa shape index (κ1) is 20.5. The summed E-state index contributed by atoms with van der Waals surface area (Å²) in [5.41, 5.74) is 0.588. The number of rotatable bonds is 7. The third-order valence-corrected chi connectivity index (χ3v) is 3.94. The number of likely N-dealkylation sites (N-methyl/N-ethyl adjacent to an activating group) is 1. The van der Waals surface area contributed by atoms with Gasteiger partial charge in [-0.2, -0.15) is 0 Å². The van der Waals surface area contributed by atoms with Crippen LogP contribution in [0.3, 0.4) is 0 Å². The van der Waals surface area contributed by atoms with Crippen molar-refractivity contribution in [2.75, 3.05) is 27.8 Å². The lowest BCUT2D eigenvalue weighted by molar-refractivity contribution is -0.130. The summed E-state index contributed by atoms with van der Waals surface area (Å²) in [6, 6.07) is 8.81. The molecule has 0 fully saturated rings. The minimum atomic E-state index is -0.649. The Morgan fingerprint density at radius 1 is 1.15 bits per heavy atom. The van der Waals surface area contributed by atoms with Crippen molar-refractivity contribution >= 4 is 23.4 Å². The molecule has 0 unspecified atom stereocenters. The average molecular weight is 395 g/mol. The molecule has 0 aromatic heterocycles. The van der Waals surface area contributed by atoms with Crippen LogP contribution in [0.1, 0.15) is 15.9 Å². The number of ether oxygens (including phenoxy) is 2. The molecule has 1 N–H and O–H groups in total. The molecule has 0 radical (unpaired) electrons. The number of methoxy groups -OCH3 is 1. The Bertz CT molecular complexity index is 842. The minimum absolute atomic E-state index is 0.118. The Morgan fingerprint density at radius 2 is 1.89 bits per heavy atom. The van der Waals surface area contributed by atoms with Crippen LogP contribution in [0.5, 0.6) is 11.5 Å². The highest BCUT2D eigenvalue weighted by Crippen LogP contribution is 2.28. The molecular weight excluding hydrogens is 375 g/mol. The van der Waals surface area contributed by atoms with Crippen molar-refractivity contribution in [2.24, 2.45) is 0 Å². The van der Waals surface area contributed by atoms with E-state index in [1.54, 1.807) is 32.3 Å². The smallest absolute Gasteiger partial charge is 0.259 e. The maximum atomic E-state index is 13.7. The largest absolute Gasteiger partial charge is 0.493 e. The second-order valence-corrected chi connectivity index (χ2v) is 6.31. The first-order valence-corrected chi connectivity index (χ1v) is 8.42. The average Bonchev–Trinajstić information content (AvgIpc) is 2.66. The number of nitrogens with one attached hydrogen (secondary N) is 1. The summed E-state index contributed by atoms with van der Waals surface area (Å²) >= 11 is 5.80. The Morgan fingerprint density at radius 3 is 2.56 bits per heavy atom. The number of hydrogen-bond acceptors (Lipinski definition) is 4. The third kappa shape index (κ3) is 5.59. The molecule has 0 saturated heterocycles. The lowest BCUT2D eigenvalue weighted by Gasteiger charge is -2.14. The normalized spacial score (nSPS) is 10.3. The molecule has 0 aliphatic carbocycles. The Balaban J connectivity index is 2.03. The fourth-order valence-electron chi connectivity index (χ4n) is 2.16. The molecule has 144 valence electrons. The molecule has 2 aromatic rings. The minimum Gasteiger partial charge on any atom is -0.493 e. The van der Waals surface area contributed by atoms with Gasteiger partial charge in [-0.3, -0.25) is 9.59 Å². The highest BCUT2D eigenvalue weighted by atomic mass is 35.5. The first-order valence-electron chi connectivity index (χ1n) is 8.05. The van der Waals surface area contributed by atoms with E-state index in [9.17, 15) is 14.0 Å². The van der Waals surface area contributed by atoms with Gasteiger partial charge < -0.3 is 19.7 Å². The number of amides is 2. The number of benzene rings is 2. The third-order valence-electron chi connectivity index (χ3n) is 3.70. The summed E-state index contributed by atoms with van der Waals surface area (Å²) in [6.07, 6.45) is 0. The van der Waals surface area contributed by atoms with Crippen LogP contribution in [0.15, 0.2) is 36.4 Å². The fraction of sp³-hybridized carbons (Fsp3) is 0.263. The Hall–Kier alpha value is -2.80. The zero-order valence-corrected chi connectivity index (χ0v) is 16.0. The molecule has 8 heteroatoms. The van der Waals surface area contributed by atoms with Crippen LogP contribution in [-0.4, -0.2) is 44.5 Å². The molecule has 6 nitrogen and oxygen atoms in total. The number of carbonyl (C=O) groups excluding carboxylic acids is 2. The lowest BCUT2D eigenvalue weighted by Crippen LogP contribution is -2.27. The molecule has 0 aliphatic rings. The van der Waals surface area contributed by atoms with E-state index in [0.29, 0.717) is 17.1 Å². The van der Waals surface area contributed by atoms with E-state index in [2.05, 4.69) is 5.32 Å². The van der Waals surface area contributed by atoms with Crippen molar-refractivity contribution in [1.82, 2.24) is 10.2 Å². The summed E-state index contributed by atoms with van der Waals surface area (Å²) in [4.78, 5) is 25.2. The molecule has 2 aromatic carbocycles. The van der Waals surface area contributed by atoms with E-state index >= 15 is 0 Å². The molecule has 0 heterocycles. The molecule has 0 atom stereocenters. The summed E-state index contributed by atoms with van der Waals surface area (Å²) < 4.78 is 24.5. The van der Waals surface area contributed by atoms with Crippen molar-refractivity contribution in [2.45, 2.75) is 6.54 Å². The number of hydrogen-bond donors (Lipinski definition) is 1. The molecule has 0 bridgehead atoms. The van der Waals surface area contributed by atoms with Crippen LogP contribution in [-0.2, 0) is 11.3 Å². The van der Waals surface area contributed by atoms with E-state index in [1.165, 1.54) is 24.1 Å². The van der Waals surface area contributed by atoms with E-state index in [1.807, 2.05) is 0 Å². The fourth-order valence-corrected chi connectivity index (χ4v) is 2.33. The van der Waals surface area contributed by atoms with Crippen molar-refractivity contribution < 1.29 is 23.5 Å². The van der Waals surface area contributed by atoms with E-state index in [-0.39, 0.29) is 29.6 Å². The maximum Gasteiger partial charge on any atom is 0.259 e. The van der Waals surface area contributed by atoms with Gasteiger partial charge >= 0.3 is 0 Å². The lowest BCUT2D eigenvalue weighted by atomic mass is 10.1. The van der Waals surface area contributed by atoms with Gasteiger partial charge in [0.2, 0.25) is 0 Å². The number of halogens is 2. The quantitative estimate of drug-likeness (QED) is 0.784.